The molecule has 0 heterocycles. The van der Waals surface area contributed by atoms with Gasteiger partial charge in [0.05, 0.1) is 6.61 Å². The van der Waals surface area contributed by atoms with Gasteiger partial charge in [-0.15, -0.1) is 0 Å². The Bertz CT molecular complexity index is 252. The third-order valence-electron chi connectivity index (χ3n) is 1.30. The lowest BCUT2D eigenvalue weighted by atomic mass is 10.2. The van der Waals surface area contributed by atoms with E-state index in [1.54, 1.807) is 0 Å². The Hall–Kier alpha value is -0.800. The third kappa shape index (κ3) is 1.61. The summed E-state index contributed by atoms with van der Waals surface area (Å²) in [7, 11) is 0. The topological polar surface area (TPSA) is 29.5 Å². The first-order valence-corrected chi connectivity index (χ1v) is 3.27. The first kappa shape index (κ1) is 8.30. The highest BCUT2D eigenvalue weighted by atomic mass is 35.5. The summed E-state index contributed by atoms with van der Waals surface area (Å²) in [5, 5.41) is 8.67. The Kier molecular flexibility index (Phi) is 2.68. The summed E-state index contributed by atoms with van der Waals surface area (Å²) in [5.74, 6) is -0.691. The van der Waals surface area contributed by atoms with Gasteiger partial charge in [0.1, 0.15) is 11.9 Å². The van der Waals surface area contributed by atoms with E-state index in [9.17, 15) is 4.39 Å². The fourth-order valence-electron chi connectivity index (χ4n) is 0.764. The maximum absolute atomic E-state index is 12.7. The highest BCUT2D eigenvalue weighted by molar-refractivity contribution is 6.09. The van der Waals surface area contributed by atoms with Gasteiger partial charge in [0.15, 0.2) is 11.6 Å². The molecule has 1 rings (SSSR count). The summed E-state index contributed by atoms with van der Waals surface area (Å²) in [6.07, 6.45) is 0. The van der Waals surface area contributed by atoms with E-state index in [1.807, 2.05) is 0 Å². The molecule has 0 fully saturated rings. The molecule has 0 aliphatic heterocycles. The highest BCUT2D eigenvalue weighted by Gasteiger charge is 2.07. The van der Waals surface area contributed by atoms with Crippen molar-refractivity contribution in [3.8, 4) is 5.75 Å². The van der Waals surface area contributed by atoms with E-state index in [1.165, 1.54) is 18.2 Å². The molecule has 1 N–H and O–H groups in total. The molecule has 0 amide bonds. The second-order valence-corrected chi connectivity index (χ2v) is 2.12. The molecule has 0 bridgehead atoms. The van der Waals surface area contributed by atoms with E-state index >= 15 is 0 Å². The number of aliphatic hydroxyl groups is 1. The van der Waals surface area contributed by atoms with Crippen LogP contribution in [-0.4, -0.2) is 5.11 Å². The maximum atomic E-state index is 12.7. The molecule has 0 unspecified atom stereocenters. The fourth-order valence-corrected chi connectivity index (χ4v) is 0.937. The lowest BCUT2D eigenvalue weighted by Gasteiger charge is -2.02. The van der Waals surface area contributed by atoms with E-state index in [-0.39, 0.29) is 12.4 Å². The largest absolute Gasteiger partial charge is 0.392 e. The summed E-state index contributed by atoms with van der Waals surface area (Å²) in [5.41, 5.74) is 0.333. The second-order valence-electron chi connectivity index (χ2n) is 1.96. The molecule has 0 aliphatic rings. The normalized spacial score (nSPS) is 9.73. The zero-order chi connectivity index (χ0) is 8.27. The van der Waals surface area contributed by atoms with Gasteiger partial charge in [0, 0.05) is 5.56 Å². The van der Waals surface area contributed by atoms with Gasteiger partial charge in [0.25, 0.3) is 0 Å². The van der Waals surface area contributed by atoms with Crippen LogP contribution < -0.4 is 4.29 Å². The molecule has 2 nitrogen and oxygen atoms in total. The van der Waals surface area contributed by atoms with E-state index in [0.717, 1.165) is 0 Å². The van der Waals surface area contributed by atoms with Crippen LogP contribution in [0.5, 0.6) is 5.75 Å². The van der Waals surface area contributed by atoms with Gasteiger partial charge in [-0.05, 0) is 6.07 Å². The van der Waals surface area contributed by atoms with Crippen LogP contribution in [0.3, 0.4) is 0 Å². The average Bonchev–Trinajstić information content (AvgIpc) is 2.04. The van der Waals surface area contributed by atoms with Gasteiger partial charge < -0.3 is 9.40 Å². The van der Waals surface area contributed by atoms with E-state index in [4.69, 9.17) is 17.0 Å². The smallest absolute Gasteiger partial charge is 0.187 e. The Labute approximate surface area is 68.3 Å². The molecule has 0 aromatic heterocycles. The lowest BCUT2D eigenvalue weighted by molar-refractivity contribution is 0.277. The number of benzene rings is 1. The summed E-state index contributed by atoms with van der Waals surface area (Å²) in [6.45, 7) is -0.292. The quantitative estimate of drug-likeness (QED) is 0.745. The molecule has 0 saturated heterocycles. The fraction of sp³-hybridized carbons (Fsp3) is 0.143. The van der Waals surface area contributed by atoms with Crippen molar-refractivity contribution in [3.05, 3.63) is 29.6 Å². The molecule has 0 atom stereocenters. The van der Waals surface area contributed by atoms with Gasteiger partial charge in [-0.25, -0.2) is 4.39 Å². The van der Waals surface area contributed by atoms with Crippen LogP contribution in [0.4, 0.5) is 4.39 Å². The van der Waals surface area contributed by atoms with E-state index in [0.29, 0.717) is 5.56 Å². The van der Waals surface area contributed by atoms with Crippen LogP contribution in [0, 0.1) is 5.82 Å². The van der Waals surface area contributed by atoms with Crippen LogP contribution in [0.25, 0.3) is 0 Å². The van der Waals surface area contributed by atoms with Crippen molar-refractivity contribution in [2.75, 3.05) is 0 Å². The van der Waals surface area contributed by atoms with Crippen molar-refractivity contribution in [2.45, 2.75) is 6.61 Å². The molecular weight excluding hydrogens is 171 g/mol. The number of para-hydroxylation sites is 1. The van der Waals surface area contributed by atoms with Crippen LogP contribution in [0.1, 0.15) is 5.56 Å². The molecule has 1 aromatic carbocycles. The molecule has 60 valence electrons. The van der Waals surface area contributed by atoms with Crippen molar-refractivity contribution in [2.24, 2.45) is 0 Å². The number of halogens is 2. The van der Waals surface area contributed by atoms with E-state index in [2.05, 4.69) is 4.29 Å². The van der Waals surface area contributed by atoms with Crippen LogP contribution in [0.2, 0.25) is 0 Å². The number of hydrogen-bond acceptors (Lipinski definition) is 2. The van der Waals surface area contributed by atoms with Crippen LogP contribution in [-0.2, 0) is 6.61 Å². The van der Waals surface area contributed by atoms with E-state index < -0.39 is 5.82 Å². The molecular formula is C7H6ClFO2. The van der Waals surface area contributed by atoms with Gasteiger partial charge in [0.2, 0.25) is 0 Å². The van der Waals surface area contributed by atoms with Gasteiger partial charge >= 0.3 is 0 Å². The third-order valence-corrected chi connectivity index (χ3v) is 1.45. The van der Waals surface area contributed by atoms with Crippen LogP contribution in [0.15, 0.2) is 18.2 Å². The van der Waals surface area contributed by atoms with Crippen molar-refractivity contribution >= 4 is 11.9 Å². The number of rotatable bonds is 2. The average molecular weight is 177 g/mol. The monoisotopic (exact) mass is 176 g/mol. The summed E-state index contributed by atoms with van der Waals surface area (Å²) >= 11 is 4.96. The van der Waals surface area contributed by atoms with Crippen molar-refractivity contribution in [1.29, 1.82) is 0 Å². The summed E-state index contributed by atoms with van der Waals surface area (Å²) in [4.78, 5) is 0. The van der Waals surface area contributed by atoms with Crippen molar-refractivity contribution in [3.63, 3.8) is 0 Å². The summed E-state index contributed by atoms with van der Waals surface area (Å²) in [6, 6.07) is 4.21. The Balaban J connectivity index is 3.13. The molecule has 4 heteroatoms. The number of aliphatic hydroxyl groups excluding tert-OH is 1. The van der Waals surface area contributed by atoms with Gasteiger partial charge in [-0.2, -0.15) is 0 Å². The first-order valence-electron chi connectivity index (χ1n) is 2.96. The molecule has 0 spiro atoms. The van der Waals surface area contributed by atoms with Crippen molar-refractivity contribution < 1.29 is 13.8 Å². The molecule has 11 heavy (non-hydrogen) atoms. The van der Waals surface area contributed by atoms with Gasteiger partial charge in [-0.1, -0.05) is 12.1 Å². The minimum atomic E-state index is -0.577. The summed E-state index contributed by atoms with van der Waals surface area (Å²) < 4.78 is 16.9. The predicted octanol–water partition coefficient (Wildman–Crippen LogP) is 1.85. The molecule has 0 saturated carbocycles. The molecule has 0 radical (unpaired) electrons. The van der Waals surface area contributed by atoms with Crippen molar-refractivity contribution in [1.82, 2.24) is 0 Å². The second kappa shape index (κ2) is 3.55. The minimum absolute atomic E-state index is 0.114. The maximum Gasteiger partial charge on any atom is 0.187 e. The zero-order valence-corrected chi connectivity index (χ0v) is 6.31. The molecule has 1 aromatic rings. The zero-order valence-electron chi connectivity index (χ0n) is 5.55. The SMILES string of the molecule is OCc1cccc(F)c1OCl. The standard InChI is InChI=1S/C7H6ClFO2/c8-11-7-5(4-10)2-1-3-6(7)9/h1-3,10H,4H2. The highest BCUT2D eigenvalue weighted by Crippen LogP contribution is 2.23. The predicted molar refractivity (Wildman–Crippen MR) is 38.8 cm³/mol. The number of hydrogen-bond donors (Lipinski definition) is 1. The Morgan fingerprint density at radius 3 is 2.73 bits per heavy atom. The van der Waals surface area contributed by atoms with Gasteiger partial charge in [-0.3, -0.25) is 0 Å². The van der Waals surface area contributed by atoms with Crippen LogP contribution >= 0.6 is 11.9 Å². The molecule has 0 aliphatic carbocycles. The Morgan fingerprint density at radius 2 is 2.27 bits per heavy atom. The Morgan fingerprint density at radius 1 is 1.55 bits per heavy atom. The minimum Gasteiger partial charge on any atom is -0.392 e. The lowest BCUT2D eigenvalue weighted by Crippen LogP contribution is -1.90. The first-order chi connectivity index (χ1) is 5.29.